The topological polar surface area (TPSA) is 34.9 Å². The maximum absolute atomic E-state index is 13.9. The molecule has 0 N–H and O–H groups in total. The Morgan fingerprint density at radius 2 is 1.33 bits per heavy atom. The summed E-state index contributed by atoms with van der Waals surface area (Å²) in [6, 6.07) is 35.5. The van der Waals surface area contributed by atoms with Gasteiger partial charge in [-0.15, -0.1) is 0 Å². The zero-order chi connectivity index (χ0) is 22.8. The molecule has 0 amide bonds. The summed E-state index contributed by atoms with van der Waals surface area (Å²) in [5.41, 5.74) is 5.75. The summed E-state index contributed by atoms with van der Waals surface area (Å²) in [6.07, 6.45) is 0. The fraction of sp³-hybridized carbons (Fsp3) is 0.0345. The molecule has 0 aliphatic rings. The zero-order valence-corrected chi connectivity index (χ0v) is 19.7. The number of halogens is 1. The van der Waals surface area contributed by atoms with Gasteiger partial charge in [0.15, 0.2) is 0 Å². The third-order valence-electron chi connectivity index (χ3n) is 5.57. The number of imidazole rings is 1. The van der Waals surface area contributed by atoms with E-state index in [2.05, 4.69) is 47.1 Å². The van der Waals surface area contributed by atoms with E-state index in [1.165, 1.54) is 5.56 Å². The van der Waals surface area contributed by atoms with Gasteiger partial charge in [-0.25, -0.2) is 4.98 Å². The SMILES string of the molecule is Cc1ccc(-c2nc(-c3ccccc3)c(C(=O)c3ccccc3)n2-c2ccc(Br)cc2)cc1. The minimum atomic E-state index is -0.0665. The molecule has 1 heterocycles. The van der Waals surface area contributed by atoms with Crippen molar-refractivity contribution in [2.45, 2.75) is 6.92 Å². The van der Waals surface area contributed by atoms with E-state index in [-0.39, 0.29) is 5.78 Å². The van der Waals surface area contributed by atoms with Crippen molar-refractivity contribution >= 4 is 21.7 Å². The minimum Gasteiger partial charge on any atom is -0.289 e. The van der Waals surface area contributed by atoms with Crippen molar-refractivity contribution in [3.05, 3.63) is 130 Å². The van der Waals surface area contributed by atoms with E-state index < -0.39 is 0 Å². The molecule has 0 bridgehead atoms. The molecule has 0 unspecified atom stereocenters. The van der Waals surface area contributed by atoms with Gasteiger partial charge in [0.25, 0.3) is 0 Å². The number of carbonyl (C=O) groups excluding carboxylic acids is 1. The molecule has 33 heavy (non-hydrogen) atoms. The van der Waals surface area contributed by atoms with E-state index in [0.29, 0.717) is 17.0 Å². The van der Waals surface area contributed by atoms with Crippen LogP contribution in [0.3, 0.4) is 0 Å². The Balaban J connectivity index is 1.85. The molecule has 0 radical (unpaired) electrons. The number of aromatic nitrogens is 2. The van der Waals surface area contributed by atoms with Gasteiger partial charge in [-0.2, -0.15) is 0 Å². The van der Waals surface area contributed by atoms with Crippen LogP contribution in [0.15, 0.2) is 114 Å². The molecule has 0 fully saturated rings. The van der Waals surface area contributed by atoms with E-state index in [1.807, 2.05) is 89.5 Å². The normalized spacial score (nSPS) is 10.8. The summed E-state index contributed by atoms with van der Waals surface area (Å²) in [5, 5.41) is 0. The lowest BCUT2D eigenvalue weighted by Crippen LogP contribution is -2.11. The Bertz CT molecular complexity index is 1400. The van der Waals surface area contributed by atoms with Crippen molar-refractivity contribution < 1.29 is 4.79 Å². The van der Waals surface area contributed by atoms with E-state index >= 15 is 0 Å². The first-order chi connectivity index (χ1) is 16.1. The van der Waals surface area contributed by atoms with Crippen LogP contribution < -0.4 is 0 Å². The molecule has 0 spiro atoms. The monoisotopic (exact) mass is 492 g/mol. The summed E-state index contributed by atoms with van der Waals surface area (Å²) >= 11 is 3.52. The predicted octanol–water partition coefficient (Wildman–Crippen LogP) is 7.51. The van der Waals surface area contributed by atoms with Crippen molar-refractivity contribution in [1.29, 1.82) is 0 Å². The van der Waals surface area contributed by atoms with E-state index in [1.54, 1.807) is 0 Å². The van der Waals surface area contributed by atoms with Crippen LogP contribution in [0.25, 0.3) is 28.3 Å². The number of carbonyl (C=O) groups is 1. The van der Waals surface area contributed by atoms with Gasteiger partial charge in [0, 0.05) is 26.9 Å². The first-order valence-corrected chi connectivity index (χ1v) is 11.5. The largest absolute Gasteiger partial charge is 0.289 e. The van der Waals surface area contributed by atoms with Crippen molar-refractivity contribution in [3.8, 4) is 28.3 Å². The molecule has 0 saturated heterocycles. The molecular weight excluding hydrogens is 472 g/mol. The Kier molecular flexibility index (Phi) is 5.76. The smallest absolute Gasteiger partial charge is 0.212 e. The van der Waals surface area contributed by atoms with Gasteiger partial charge >= 0.3 is 0 Å². The minimum absolute atomic E-state index is 0.0665. The van der Waals surface area contributed by atoms with Gasteiger partial charge in [-0.3, -0.25) is 9.36 Å². The standard InChI is InChI=1S/C29H21BrN2O/c1-20-12-14-23(15-13-20)29-31-26(21-8-4-2-5-9-21)27(28(33)22-10-6-3-7-11-22)32(29)25-18-16-24(30)17-19-25/h2-19H,1H3. The third kappa shape index (κ3) is 4.18. The van der Waals surface area contributed by atoms with Gasteiger partial charge in [0.05, 0.1) is 0 Å². The number of aryl methyl sites for hydroxylation is 1. The molecule has 1 aromatic heterocycles. The quantitative estimate of drug-likeness (QED) is 0.238. The van der Waals surface area contributed by atoms with E-state index in [0.717, 1.165) is 27.1 Å². The summed E-state index contributed by atoms with van der Waals surface area (Å²) in [7, 11) is 0. The molecule has 3 nitrogen and oxygen atoms in total. The molecule has 5 rings (SSSR count). The Morgan fingerprint density at radius 1 is 0.727 bits per heavy atom. The highest BCUT2D eigenvalue weighted by Gasteiger charge is 2.26. The number of rotatable bonds is 5. The Labute approximate surface area is 201 Å². The van der Waals surface area contributed by atoms with Crippen LogP contribution in [0, 0.1) is 6.92 Å². The lowest BCUT2D eigenvalue weighted by Gasteiger charge is -2.13. The van der Waals surface area contributed by atoms with Gasteiger partial charge in [0.2, 0.25) is 5.78 Å². The van der Waals surface area contributed by atoms with Gasteiger partial charge in [-0.05, 0) is 31.2 Å². The Hall–Kier alpha value is -3.76. The van der Waals surface area contributed by atoms with Gasteiger partial charge in [-0.1, -0.05) is 106 Å². The second kappa shape index (κ2) is 9.00. The molecule has 4 aromatic carbocycles. The van der Waals surface area contributed by atoms with Crippen LogP contribution in [0.1, 0.15) is 21.6 Å². The first kappa shape index (κ1) is 21.1. The summed E-state index contributed by atoms with van der Waals surface area (Å²) < 4.78 is 2.96. The van der Waals surface area contributed by atoms with Crippen molar-refractivity contribution in [1.82, 2.24) is 9.55 Å². The average molecular weight is 493 g/mol. The van der Waals surface area contributed by atoms with Crippen LogP contribution in [0.4, 0.5) is 0 Å². The lowest BCUT2D eigenvalue weighted by molar-refractivity contribution is 0.103. The highest BCUT2D eigenvalue weighted by atomic mass is 79.9. The van der Waals surface area contributed by atoms with Crippen LogP contribution in [-0.4, -0.2) is 15.3 Å². The molecule has 160 valence electrons. The lowest BCUT2D eigenvalue weighted by atomic mass is 10.0. The van der Waals surface area contributed by atoms with Crippen molar-refractivity contribution in [2.24, 2.45) is 0 Å². The number of ketones is 1. The third-order valence-corrected chi connectivity index (χ3v) is 6.10. The molecule has 5 aromatic rings. The highest BCUT2D eigenvalue weighted by Crippen LogP contribution is 2.34. The fourth-order valence-corrected chi connectivity index (χ4v) is 4.16. The van der Waals surface area contributed by atoms with Gasteiger partial charge < -0.3 is 0 Å². The second-order valence-corrected chi connectivity index (χ2v) is 8.79. The summed E-state index contributed by atoms with van der Waals surface area (Å²) in [5.74, 6) is 0.665. The Morgan fingerprint density at radius 3 is 1.97 bits per heavy atom. The number of benzene rings is 4. The number of hydrogen-bond acceptors (Lipinski definition) is 2. The molecular formula is C29H21BrN2O. The molecule has 0 aliphatic heterocycles. The zero-order valence-electron chi connectivity index (χ0n) is 18.1. The van der Waals surface area contributed by atoms with Crippen molar-refractivity contribution in [3.63, 3.8) is 0 Å². The maximum Gasteiger partial charge on any atom is 0.212 e. The highest BCUT2D eigenvalue weighted by molar-refractivity contribution is 9.10. The van der Waals surface area contributed by atoms with Crippen LogP contribution in [0.2, 0.25) is 0 Å². The molecule has 0 atom stereocenters. The molecule has 0 aliphatic carbocycles. The average Bonchev–Trinajstić information content (AvgIpc) is 3.26. The fourth-order valence-electron chi connectivity index (χ4n) is 3.89. The second-order valence-electron chi connectivity index (χ2n) is 7.87. The number of hydrogen-bond donors (Lipinski definition) is 0. The summed E-state index contributed by atoms with van der Waals surface area (Å²) in [6.45, 7) is 2.06. The maximum atomic E-state index is 13.9. The summed E-state index contributed by atoms with van der Waals surface area (Å²) in [4.78, 5) is 19.0. The van der Waals surface area contributed by atoms with Gasteiger partial charge in [0.1, 0.15) is 17.2 Å². The molecule has 0 saturated carbocycles. The van der Waals surface area contributed by atoms with E-state index in [4.69, 9.17) is 4.98 Å². The molecule has 4 heteroatoms. The number of nitrogens with zero attached hydrogens (tertiary/aromatic N) is 2. The van der Waals surface area contributed by atoms with Crippen LogP contribution in [-0.2, 0) is 0 Å². The predicted molar refractivity (Wildman–Crippen MR) is 137 cm³/mol. The van der Waals surface area contributed by atoms with Crippen LogP contribution >= 0.6 is 15.9 Å². The van der Waals surface area contributed by atoms with E-state index in [9.17, 15) is 4.79 Å². The van der Waals surface area contributed by atoms with Crippen molar-refractivity contribution in [2.75, 3.05) is 0 Å². The first-order valence-electron chi connectivity index (χ1n) is 10.7. The van der Waals surface area contributed by atoms with Crippen LogP contribution in [0.5, 0.6) is 0 Å².